The summed E-state index contributed by atoms with van der Waals surface area (Å²) in [7, 11) is 1.51. The van der Waals surface area contributed by atoms with Crippen molar-refractivity contribution in [3.63, 3.8) is 0 Å². The molecule has 2 aromatic rings. The van der Waals surface area contributed by atoms with E-state index in [0.29, 0.717) is 5.76 Å². The van der Waals surface area contributed by atoms with E-state index in [1.54, 1.807) is 6.92 Å². The number of rotatable bonds is 7. The molecule has 0 bridgehead atoms. The Kier molecular flexibility index (Phi) is 6.11. The van der Waals surface area contributed by atoms with Crippen molar-refractivity contribution in [3.05, 3.63) is 46.8 Å². The minimum absolute atomic E-state index is 0.130. The number of hydrogen-bond donors (Lipinski definition) is 0. The second-order valence-electron chi connectivity index (χ2n) is 6.57. The van der Waals surface area contributed by atoms with E-state index in [0.717, 1.165) is 18.6 Å². The van der Waals surface area contributed by atoms with Gasteiger partial charge in [-0.3, -0.25) is 9.59 Å². The summed E-state index contributed by atoms with van der Waals surface area (Å²) in [4.78, 5) is 25.0. The van der Waals surface area contributed by atoms with Gasteiger partial charge in [-0.25, -0.2) is 0 Å². The van der Waals surface area contributed by atoms with Crippen LogP contribution in [0.4, 0.5) is 0 Å². The monoisotopic (exact) mass is 372 g/mol. The van der Waals surface area contributed by atoms with Gasteiger partial charge in [0.25, 0.3) is 5.91 Å². The highest BCUT2D eigenvalue weighted by molar-refractivity contribution is 5.94. The molecule has 0 N–H and O–H groups in total. The summed E-state index contributed by atoms with van der Waals surface area (Å²) in [6, 6.07) is 7.68. The zero-order chi connectivity index (χ0) is 19.2. The van der Waals surface area contributed by atoms with Crippen LogP contribution in [0, 0.1) is 0 Å². The van der Waals surface area contributed by atoms with Crippen molar-refractivity contribution in [1.82, 2.24) is 10.1 Å². The fourth-order valence-electron chi connectivity index (χ4n) is 3.10. The lowest BCUT2D eigenvalue weighted by atomic mass is 9.92. The number of benzene rings is 1. The van der Waals surface area contributed by atoms with Crippen molar-refractivity contribution in [2.45, 2.75) is 39.2 Å². The molecule has 1 heterocycles. The molecule has 0 saturated heterocycles. The Morgan fingerprint density at radius 3 is 2.74 bits per heavy atom. The van der Waals surface area contributed by atoms with Gasteiger partial charge in [-0.05, 0) is 55.9 Å². The molecule has 0 unspecified atom stereocenters. The summed E-state index contributed by atoms with van der Waals surface area (Å²) in [6.07, 6.45) is 4.67. The molecule has 7 nitrogen and oxygen atoms in total. The first-order valence-corrected chi connectivity index (χ1v) is 9.18. The van der Waals surface area contributed by atoms with Gasteiger partial charge in [-0.1, -0.05) is 11.2 Å². The van der Waals surface area contributed by atoms with E-state index in [4.69, 9.17) is 14.0 Å². The molecule has 1 aliphatic carbocycles. The second kappa shape index (κ2) is 8.70. The van der Waals surface area contributed by atoms with Gasteiger partial charge >= 0.3 is 5.97 Å². The predicted molar refractivity (Wildman–Crippen MR) is 97.5 cm³/mol. The molecule has 144 valence electrons. The van der Waals surface area contributed by atoms with E-state index in [-0.39, 0.29) is 25.5 Å². The SMILES string of the molecule is CCOC(=O)CN(C)C(=O)c1cc(COc2ccc3c(c2)CCCC3)on1. The van der Waals surface area contributed by atoms with Crippen molar-refractivity contribution < 1.29 is 23.6 Å². The van der Waals surface area contributed by atoms with Crippen LogP contribution >= 0.6 is 0 Å². The van der Waals surface area contributed by atoms with E-state index < -0.39 is 11.9 Å². The number of aromatic nitrogens is 1. The normalized spacial score (nSPS) is 13.0. The van der Waals surface area contributed by atoms with Crippen LogP contribution < -0.4 is 4.74 Å². The Hall–Kier alpha value is -2.83. The first-order chi connectivity index (χ1) is 13.1. The Morgan fingerprint density at radius 1 is 1.19 bits per heavy atom. The molecule has 0 spiro atoms. The molecule has 27 heavy (non-hydrogen) atoms. The molecular formula is C20H24N2O5. The van der Waals surface area contributed by atoms with Crippen LogP contribution in [0.25, 0.3) is 0 Å². The molecule has 1 amide bonds. The summed E-state index contributed by atoms with van der Waals surface area (Å²) in [5, 5.41) is 3.77. The van der Waals surface area contributed by atoms with Crippen molar-refractivity contribution in [2.75, 3.05) is 20.2 Å². The van der Waals surface area contributed by atoms with Crippen molar-refractivity contribution >= 4 is 11.9 Å². The average molecular weight is 372 g/mol. The molecule has 0 atom stereocenters. The van der Waals surface area contributed by atoms with Crippen molar-refractivity contribution in [1.29, 1.82) is 0 Å². The van der Waals surface area contributed by atoms with Crippen LogP contribution in [-0.2, 0) is 29.0 Å². The minimum atomic E-state index is -0.465. The van der Waals surface area contributed by atoms with Crippen molar-refractivity contribution in [2.24, 2.45) is 0 Å². The summed E-state index contributed by atoms with van der Waals surface area (Å²) >= 11 is 0. The Morgan fingerprint density at radius 2 is 1.96 bits per heavy atom. The smallest absolute Gasteiger partial charge is 0.325 e. The zero-order valence-electron chi connectivity index (χ0n) is 15.7. The number of ether oxygens (including phenoxy) is 2. The number of hydrogen-bond acceptors (Lipinski definition) is 6. The summed E-state index contributed by atoms with van der Waals surface area (Å²) < 4.78 is 15.8. The number of esters is 1. The molecule has 1 aromatic heterocycles. The topological polar surface area (TPSA) is 81.9 Å². The number of carbonyl (C=O) groups is 2. The highest BCUT2D eigenvalue weighted by Crippen LogP contribution is 2.25. The maximum Gasteiger partial charge on any atom is 0.325 e. The summed E-state index contributed by atoms with van der Waals surface area (Å²) in [6.45, 7) is 2.03. The van der Waals surface area contributed by atoms with Gasteiger partial charge in [0.15, 0.2) is 11.5 Å². The van der Waals surface area contributed by atoms with Gasteiger partial charge in [0.2, 0.25) is 0 Å². The minimum Gasteiger partial charge on any atom is -0.486 e. The number of nitrogens with zero attached hydrogens (tertiary/aromatic N) is 2. The molecule has 1 aromatic carbocycles. The van der Waals surface area contributed by atoms with Gasteiger partial charge in [-0.15, -0.1) is 0 Å². The molecular weight excluding hydrogens is 348 g/mol. The van der Waals surface area contributed by atoms with Gasteiger partial charge in [0.05, 0.1) is 6.61 Å². The summed E-state index contributed by atoms with van der Waals surface area (Å²) in [5.41, 5.74) is 2.87. The number of fused-ring (bicyclic) bond motifs is 1. The van der Waals surface area contributed by atoms with Crippen LogP contribution in [0.5, 0.6) is 5.75 Å². The van der Waals surface area contributed by atoms with Crippen LogP contribution in [-0.4, -0.2) is 42.1 Å². The largest absolute Gasteiger partial charge is 0.486 e. The first kappa shape index (κ1) is 18.9. The highest BCUT2D eigenvalue weighted by Gasteiger charge is 2.20. The van der Waals surface area contributed by atoms with E-state index in [1.165, 1.54) is 42.0 Å². The van der Waals surface area contributed by atoms with Gasteiger partial charge in [0, 0.05) is 13.1 Å². The molecule has 7 heteroatoms. The number of aryl methyl sites for hydroxylation is 2. The number of carbonyl (C=O) groups excluding carboxylic acids is 2. The third-order valence-corrected chi connectivity index (χ3v) is 4.50. The quantitative estimate of drug-likeness (QED) is 0.695. The van der Waals surface area contributed by atoms with Gasteiger partial charge in [0.1, 0.15) is 18.9 Å². The lowest BCUT2D eigenvalue weighted by Crippen LogP contribution is -2.33. The first-order valence-electron chi connectivity index (χ1n) is 9.18. The van der Waals surface area contributed by atoms with E-state index in [9.17, 15) is 9.59 Å². The molecule has 0 aliphatic heterocycles. The fourth-order valence-corrected chi connectivity index (χ4v) is 3.10. The van der Waals surface area contributed by atoms with Gasteiger partial charge in [-0.2, -0.15) is 0 Å². The second-order valence-corrected chi connectivity index (χ2v) is 6.57. The third-order valence-electron chi connectivity index (χ3n) is 4.50. The highest BCUT2D eigenvalue weighted by atomic mass is 16.5. The molecule has 3 rings (SSSR count). The van der Waals surface area contributed by atoms with Crippen LogP contribution in [0.15, 0.2) is 28.8 Å². The lowest BCUT2D eigenvalue weighted by molar-refractivity contribution is -0.143. The van der Waals surface area contributed by atoms with Crippen LogP contribution in [0.3, 0.4) is 0 Å². The van der Waals surface area contributed by atoms with E-state index in [2.05, 4.69) is 17.3 Å². The lowest BCUT2D eigenvalue weighted by Gasteiger charge is -2.16. The fraction of sp³-hybridized carbons (Fsp3) is 0.450. The Balaban J connectivity index is 1.56. The standard InChI is InChI=1S/C20H24N2O5/c1-3-25-19(23)12-22(2)20(24)18-11-17(27-21-18)13-26-16-9-8-14-6-4-5-7-15(14)10-16/h8-11H,3-7,12-13H2,1-2H3. The average Bonchev–Trinajstić information content (AvgIpc) is 3.14. The van der Waals surface area contributed by atoms with E-state index >= 15 is 0 Å². The summed E-state index contributed by atoms with van der Waals surface area (Å²) in [5.74, 6) is 0.347. The Labute approximate surface area is 158 Å². The van der Waals surface area contributed by atoms with Crippen LogP contribution in [0.1, 0.15) is 47.1 Å². The van der Waals surface area contributed by atoms with Gasteiger partial charge < -0.3 is 18.9 Å². The number of likely N-dealkylation sites (N-methyl/N-ethyl adjacent to an activating group) is 1. The molecule has 0 fully saturated rings. The number of amides is 1. The Bertz CT molecular complexity index is 814. The van der Waals surface area contributed by atoms with Crippen molar-refractivity contribution in [3.8, 4) is 5.75 Å². The van der Waals surface area contributed by atoms with Crippen LogP contribution in [0.2, 0.25) is 0 Å². The maximum absolute atomic E-state index is 12.3. The molecule has 1 aliphatic rings. The zero-order valence-corrected chi connectivity index (χ0v) is 15.7. The predicted octanol–water partition coefficient (Wildman–Crippen LogP) is 2.77. The van der Waals surface area contributed by atoms with E-state index in [1.807, 2.05) is 6.07 Å². The molecule has 0 saturated carbocycles. The third kappa shape index (κ3) is 4.87. The molecule has 0 radical (unpaired) electrons. The maximum atomic E-state index is 12.3.